The van der Waals surface area contributed by atoms with Gasteiger partial charge in [-0.1, -0.05) is 12.1 Å². The van der Waals surface area contributed by atoms with E-state index < -0.39 is 18.2 Å². The molecule has 2 aromatic carbocycles. The van der Waals surface area contributed by atoms with E-state index in [4.69, 9.17) is 24.1 Å². The second kappa shape index (κ2) is 9.37. The van der Waals surface area contributed by atoms with Gasteiger partial charge in [0, 0.05) is 11.8 Å². The van der Waals surface area contributed by atoms with Gasteiger partial charge in [-0.05, 0) is 29.8 Å². The average Bonchev–Trinajstić information content (AvgIpc) is 3.38. The normalized spacial score (nSPS) is 14.7. The first-order chi connectivity index (χ1) is 16.7. The van der Waals surface area contributed by atoms with Crippen LogP contribution >= 0.6 is 0 Å². The fourth-order valence-electron chi connectivity index (χ4n) is 3.27. The van der Waals surface area contributed by atoms with Gasteiger partial charge < -0.3 is 24.3 Å². The van der Waals surface area contributed by atoms with Gasteiger partial charge >= 0.3 is 12.1 Å². The summed E-state index contributed by atoms with van der Waals surface area (Å²) in [6.45, 7) is 0.251. The SMILES string of the molecule is COc1cc(-c2cn[nH]c2)cc2c(=O)[nH]c(C3COc4ccccc4O3)nc12.O=C(O)C(F)(F)F. The Balaban J connectivity index is 0.000000364. The summed E-state index contributed by atoms with van der Waals surface area (Å²) in [5.74, 6) is -0.583. The van der Waals surface area contributed by atoms with Crippen LogP contribution in [-0.4, -0.2) is 51.1 Å². The zero-order valence-corrected chi connectivity index (χ0v) is 17.9. The molecule has 0 amide bonds. The number of nitrogens with zero attached hydrogens (tertiary/aromatic N) is 2. The number of carbonyl (C=O) groups is 1. The second-order valence-electron chi connectivity index (χ2n) is 7.18. The summed E-state index contributed by atoms with van der Waals surface area (Å²) in [6, 6.07) is 11.0. The zero-order valence-electron chi connectivity index (χ0n) is 17.9. The third-order valence-corrected chi connectivity index (χ3v) is 4.90. The number of rotatable bonds is 3. The molecule has 1 aliphatic heterocycles. The number of alkyl halides is 3. The van der Waals surface area contributed by atoms with E-state index in [0.717, 1.165) is 11.1 Å². The lowest BCUT2D eigenvalue weighted by molar-refractivity contribution is -0.192. The van der Waals surface area contributed by atoms with E-state index in [1.165, 1.54) is 0 Å². The Morgan fingerprint density at radius 2 is 1.91 bits per heavy atom. The van der Waals surface area contributed by atoms with Gasteiger partial charge in [0.25, 0.3) is 5.56 Å². The number of carboxylic acids is 1. The van der Waals surface area contributed by atoms with Crippen LogP contribution in [0.3, 0.4) is 0 Å². The van der Waals surface area contributed by atoms with Gasteiger partial charge in [0.05, 0.1) is 18.7 Å². The van der Waals surface area contributed by atoms with Crippen LogP contribution in [0.15, 0.2) is 53.6 Å². The van der Waals surface area contributed by atoms with Crippen molar-refractivity contribution < 1.29 is 37.3 Å². The minimum atomic E-state index is -5.08. The molecule has 0 fully saturated rings. The summed E-state index contributed by atoms with van der Waals surface area (Å²) in [6.07, 6.45) is -2.17. The smallest absolute Gasteiger partial charge is 0.490 e. The number of carboxylic acid groups (broad SMARTS) is 1. The Labute approximate surface area is 194 Å². The van der Waals surface area contributed by atoms with Crippen LogP contribution in [0.1, 0.15) is 11.9 Å². The van der Waals surface area contributed by atoms with Gasteiger partial charge in [-0.2, -0.15) is 18.3 Å². The molecule has 35 heavy (non-hydrogen) atoms. The predicted molar refractivity (Wildman–Crippen MR) is 115 cm³/mol. The van der Waals surface area contributed by atoms with Crippen LogP contribution in [0, 0.1) is 0 Å². The first kappa shape index (κ1) is 23.6. The van der Waals surface area contributed by atoms with Crippen molar-refractivity contribution in [2.24, 2.45) is 0 Å². The van der Waals surface area contributed by atoms with Crippen LogP contribution in [0.25, 0.3) is 22.0 Å². The molecule has 0 spiro atoms. The monoisotopic (exact) mass is 490 g/mol. The molecule has 4 aromatic rings. The Morgan fingerprint density at radius 1 is 1.20 bits per heavy atom. The molecule has 5 rings (SSSR count). The summed E-state index contributed by atoms with van der Waals surface area (Å²) >= 11 is 0. The molecule has 0 saturated carbocycles. The summed E-state index contributed by atoms with van der Waals surface area (Å²) in [7, 11) is 1.55. The lowest BCUT2D eigenvalue weighted by Gasteiger charge is -2.25. The first-order valence-electron chi connectivity index (χ1n) is 9.97. The highest BCUT2D eigenvalue weighted by atomic mass is 19.4. The number of aromatic nitrogens is 4. The highest BCUT2D eigenvalue weighted by Gasteiger charge is 2.38. The summed E-state index contributed by atoms with van der Waals surface area (Å²) in [4.78, 5) is 29.1. The van der Waals surface area contributed by atoms with Crippen molar-refractivity contribution in [2.75, 3.05) is 13.7 Å². The number of hydrogen-bond donors (Lipinski definition) is 3. The molecule has 3 heterocycles. The molecular formula is C22H17F3N4O6. The number of methoxy groups -OCH3 is 1. The van der Waals surface area contributed by atoms with Crippen molar-refractivity contribution in [3.05, 3.63) is 65.0 Å². The lowest BCUT2D eigenvalue weighted by Crippen LogP contribution is -2.26. The fraction of sp³-hybridized carbons (Fsp3) is 0.182. The third-order valence-electron chi connectivity index (χ3n) is 4.90. The molecule has 1 unspecified atom stereocenters. The van der Waals surface area contributed by atoms with Gasteiger partial charge in [-0.3, -0.25) is 9.89 Å². The number of ether oxygens (including phenoxy) is 3. The van der Waals surface area contributed by atoms with Crippen molar-refractivity contribution in [3.8, 4) is 28.4 Å². The molecule has 2 aromatic heterocycles. The molecule has 182 valence electrons. The van der Waals surface area contributed by atoms with Crippen molar-refractivity contribution in [1.29, 1.82) is 0 Å². The molecule has 1 atom stereocenters. The number of halogens is 3. The van der Waals surface area contributed by atoms with E-state index in [0.29, 0.717) is 34.0 Å². The van der Waals surface area contributed by atoms with Crippen LogP contribution in [-0.2, 0) is 4.79 Å². The summed E-state index contributed by atoms with van der Waals surface area (Å²) < 4.78 is 48.9. The van der Waals surface area contributed by atoms with Gasteiger partial charge in [-0.25, -0.2) is 9.78 Å². The molecular weight excluding hydrogens is 473 g/mol. The van der Waals surface area contributed by atoms with E-state index in [9.17, 15) is 18.0 Å². The van der Waals surface area contributed by atoms with Crippen LogP contribution in [0.2, 0.25) is 0 Å². The first-order valence-corrected chi connectivity index (χ1v) is 9.97. The van der Waals surface area contributed by atoms with Crippen molar-refractivity contribution in [2.45, 2.75) is 12.3 Å². The molecule has 0 aliphatic carbocycles. The number of H-pyrrole nitrogens is 2. The van der Waals surface area contributed by atoms with Crippen LogP contribution in [0.4, 0.5) is 13.2 Å². The van der Waals surface area contributed by atoms with E-state index >= 15 is 0 Å². The van der Waals surface area contributed by atoms with Gasteiger partial charge in [-0.15, -0.1) is 0 Å². The van der Waals surface area contributed by atoms with Gasteiger partial charge in [0.2, 0.25) is 0 Å². The molecule has 13 heteroatoms. The van der Waals surface area contributed by atoms with Crippen molar-refractivity contribution in [1.82, 2.24) is 20.2 Å². The molecule has 0 saturated heterocycles. The molecule has 0 radical (unpaired) electrons. The molecule has 10 nitrogen and oxygen atoms in total. The zero-order chi connectivity index (χ0) is 25.2. The van der Waals surface area contributed by atoms with Crippen LogP contribution < -0.4 is 19.8 Å². The number of aliphatic carboxylic acids is 1. The minimum Gasteiger partial charge on any atom is -0.494 e. The van der Waals surface area contributed by atoms with Crippen LogP contribution in [0.5, 0.6) is 17.2 Å². The highest BCUT2D eigenvalue weighted by Crippen LogP contribution is 2.36. The quantitative estimate of drug-likeness (QED) is 0.397. The van der Waals surface area contributed by atoms with E-state index in [-0.39, 0.29) is 12.2 Å². The predicted octanol–water partition coefficient (Wildman–Crippen LogP) is 3.47. The van der Waals surface area contributed by atoms with E-state index in [1.54, 1.807) is 25.6 Å². The Kier molecular flexibility index (Phi) is 6.32. The van der Waals surface area contributed by atoms with E-state index in [1.807, 2.05) is 30.3 Å². The Bertz CT molecular complexity index is 1420. The highest BCUT2D eigenvalue weighted by molar-refractivity contribution is 5.89. The van der Waals surface area contributed by atoms with E-state index in [2.05, 4.69) is 20.2 Å². The fourth-order valence-corrected chi connectivity index (χ4v) is 3.27. The maximum Gasteiger partial charge on any atom is 0.490 e. The molecule has 1 aliphatic rings. The van der Waals surface area contributed by atoms with Gasteiger partial charge in [0.15, 0.2) is 23.4 Å². The largest absolute Gasteiger partial charge is 0.494 e. The average molecular weight is 490 g/mol. The number of nitrogens with one attached hydrogen (secondary N) is 2. The Hall–Kier alpha value is -4.55. The third kappa shape index (κ3) is 5.03. The number of aromatic amines is 2. The second-order valence-corrected chi connectivity index (χ2v) is 7.18. The summed E-state index contributed by atoms with van der Waals surface area (Å²) in [5, 5.41) is 14.3. The maximum atomic E-state index is 12.8. The maximum absolute atomic E-state index is 12.8. The Morgan fingerprint density at radius 3 is 2.54 bits per heavy atom. The standard InChI is InChI=1S/C20H16N4O4.C2HF3O2/c1-26-16-7-11(12-8-21-22-9-12)6-13-18(16)23-19(24-20(13)25)17-10-27-14-4-2-3-5-15(14)28-17;3-2(4,5)1(6)7/h2-9,17H,10H2,1H3,(H,21,22)(H,23,24,25);(H,6,7). The van der Waals surface area contributed by atoms with Crippen molar-refractivity contribution >= 4 is 16.9 Å². The number of hydrogen-bond acceptors (Lipinski definition) is 7. The van der Waals surface area contributed by atoms with Crippen molar-refractivity contribution in [3.63, 3.8) is 0 Å². The minimum absolute atomic E-state index is 0.251. The van der Waals surface area contributed by atoms with Gasteiger partial charge in [0.1, 0.15) is 17.9 Å². The number of benzene rings is 2. The summed E-state index contributed by atoms with van der Waals surface area (Å²) in [5.41, 5.74) is 1.86. The molecule has 3 N–H and O–H groups in total. The number of para-hydroxylation sites is 2. The molecule has 0 bridgehead atoms. The topological polar surface area (TPSA) is 139 Å². The number of fused-ring (bicyclic) bond motifs is 2. The lowest BCUT2D eigenvalue weighted by atomic mass is 10.1.